The van der Waals surface area contributed by atoms with Gasteiger partial charge >= 0.3 is 6.18 Å². The molecular weight excluding hydrogens is 429 g/mol. The van der Waals surface area contributed by atoms with E-state index < -0.39 is 11.7 Å². The van der Waals surface area contributed by atoms with Crippen molar-refractivity contribution >= 4 is 17.4 Å². The number of alkyl halides is 3. The smallest absolute Gasteiger partial charge is 0.416 e. The molecule has 3 aromatic rings. The van der Waals surface area contributed by atoms with Gasteiger partial charge in [-0.1, -0.05) is 37.1 Å². The maximum Gasteiger partial charge on any atom is 0.416 e. The summed E-state index contributed by atoms with van der Waals surface area (Å²) in [5.74, 6) is 2.21. The number of hydrogen-bond donors (Lipinski definition) is 1. The maximum atomic E-state index is 13.0. The van der Waals surface area contributed by atoms with Crippen molar-refractivity contribution in [1.29, 1.82) is 0 Å². The van der Waals surface area contributed by atoms with Crippen LogP contribution in [0.3, 0.4) is 0 Å². The summed E-state index contributed by atoms with van der Waals surface area (Å²) in [6.07, 6.45) is 1.16. The van der Waals surface area contributed by atoms with E-state index >= 15 is 0 Å². The highest BCUT2D eigenvalue weighted by atomic mass is 32.2. The lowest BCUT2D eigenvalue weighted by molar-refractivity contribution is -0.137. The van der Waals surface area contributed by atoms with Crippen molar-refractivity contribution in [3.63, 3.8) is 0 Å². The number of thioether (sulfide) groups is 1. The predicted molar refractivity (Wildman–Crippen MR) is 110 cm³/mol. The van der Waals surface area contributed by atoms with Crippen molar-refractivity contribution in [2.24, 2.45) is 0 Å². The van der Waals surface area contributed by atoms with Gasteiger partial charge in [0.15, 0.2) is 11.0 Å². The van der Waals surface area contributed by atoms with Crippen LogP contribution < -0.4 is 5.32 Å². The van der Waals surface area contributed by atoms with Crippen molar-refractivity contribution in [2.75, 3.05) is 5.32 Å². The van der Waals surface area contributed by atoms with E-state index in [1.807, 2.05) is 0 Å². The Labute approximate surface area is 181 Å². The molecule has 31 heavy (non-hydrogen) atoms. The third kappa shape index (κ3) is 5.38. The molecule has 11 heteroatoms. The minimum absolute atomic E-state index is 0.272. The second-order valence-electron chi connectivity index (χ2n) is 7.50. The fourth-order valence-electron chi connectivity index (χ4n) is 3.74. The van der Waals surface area contributed by atoms with Crippen molar-refractivity contribution in [3.8, 4) is 0 Å². The van der Waals surface area contributed by atoms with Crippen LogP contribution in [0, 0.1) is 6.92 Å². The van der Waals surface area contributed by atoms with Crippen molar-refractivity contribution in [2.45, 2.75) is 68.7 Å². The minimum Gasteiger partial charge on any atom is -0.425 e. The van der Waals surface area contributed by atoms with Crippen molar-refractivity contribution in [3.05, 3.63) is 47.4 Å². The third-order valence-corrected chi connectivity index (χ3v) is 6.14. The first kappa shape index (κ1) is 21.7. The Hall–Kier alpha value is -2.56. The van der Waals surface area contributed by atoms with E-state index in [1.165, 1.54) is 24.2 Å². The lowest BCUT2D eigenvalue weighted by Crippen LogP contribution is -2.18. The molecule has 1 saturated carbocycles. The maximum absolute atomic E-state index is 13.0. The fraction of sp³-hybridized carbons (Fsp3) is 0.500. The van der Waals surface area contributed by atoms with Crippen molar-refractivity contribution < 1.29 is 17.6 Å². The number of anilines is 1. The van der Waals surface area contributed by atoms with Gasteiger partial charge in [-0.25, -0.2) is 0 Å². The second kappa shape index (κ2) is 9.29. The largest absolute Gasteiger partial charge is 0.425 e. The first-order valence-corrected chi connectivity index (χ1v) is 11.2. The number of aryl methyl sites for hydroxylation is 1. The summed E-state index contributed by atoms with van der Waals surface area (Å²) < 4.78 is 46.5. The highest BCUT2D eigenvalue weighted by Crippen LogP contribution is 2.34. The molecule has 2 aromatic heterocycles. The number of nitrogens with zero attached hydrogens (tertiary/aromatic N) is 5. The number of nitrogens with one attached hydrogen (secondary N) is 1. The molecule has 1 aliphatic rings. The van der Waals surface area contributed by atoms with Crippen LogP contribution in [0.2, 0.25) is 0 Å². The lowest BCUT2D eigenvalue weighted by atomic mass is 9.95. The molecule has 4 rings (SSSR count). The zero-order valence-corrected chi connectivity index (χ0v) is 17.8. The van der Waals surface area contributed by atoms with E-state index in [0.717, 1.165) is 43.0 Å². The number of hydrogen-bond acceptors (Lipinski definition) is 7. The van der Waals surface area contributed by atoms with Gasteiger partial charge in [-0.15, -0.1) is 20.4 Å². The molecule has 0 unspecified atom stereocenters. The van der Waals surface area contributed by atoms with Gasteiger partial charge < -0.3 is 14.3 Å². The Kier molecular flexibility index (Phi) is 6.49. The SMILES string of the molecule is Cc1nnc(CSc2nnc(CNc3cccc(C(F)(F)F)c3)n2C2CCCCC2)o1. The molecular formula is C20H23F3N6OS. The monoisotopic (exact) mass is 452 g/mol. The van der Waals surface area contributed by atoms with Crippen LogP contribution in [-0.4, -0.2) is 25.0 Å². The number of rotatable bonds is 7. The molecule has 0 amide bonds. The standard InChI is InChI=1S/C20H23F3N6OS/c1-13-25-27-18(30-13)12-31-19-28-26-17(29(19)16-8-3-2-4-9-16)11-24-15-7-5-6-14(10-15)20(21,22)23/h5-7,10,16,24H,2-4,8-9,11-12H2,1H3. The Morgan fingerprint density at radius 1 is 1.13 bits per heavy atom. The van der Waals surface area contributed by atoms with Crippen LogP contribution >= 0.6 is 11.8 Å². The molecule has 1 N–H and O–H groups in total. The van der Waals surface area contributed by atoms with Gasteiger partial charge in [-0.2, -0.15) is 13.2 Å². The van der Waals surface area contributed by atoms with E-state index in [2.05, 4.69) is 30.3 Å². The van der Waals surface area contributed by atoms with Crippen molar-refractivity contribution in [1.82, 2.24) is 25.0 Å². The quantitative estimate of drug-likeness (QED) is 0.481. The summed E-state index contributed by atoms with van der Waals surface area (Å²) in [7, 11) is 0. The molecule has 0 aliphatic heterocycles. The first-order chi connectivity index (χ1) is 14.9. The Morgan fingerprint density at radius 3 is 2.65 bits per heavy atom. The summed E-state index contributed by atoms with van der Waals surface area (Å²) in [5, 5.41) is 20.4. The molecule has 0 radical (unpaired) electrons. The summed E-state index contributed by atoms with van der Waals surface area (Å²) >= 11 is 1.47. The van der Waals surface area contributed by atoms with Gasteiger partial charge in [-0.05, 0) is 31.0 Å². The number of benzene rings is 1. The first-order valence-electron chi connectivity index (χ1n) is 10.2. The van der Waals surface area contributed by atoms with Gasteiger partial charge in [0.1, 0.15) is 0 Å². The van der Waals surface area contributed by atoms with Crippen LogP contribution in [0.5, 0.6) is 0 Å². The van der Waals surface area contributed by atoms with Crippen LogP contribution in [0.25, 0.3) is 0 Å². The molecule has 0 bridgehead atoms. The normalized spacial score (nSPS) is 15.4. The molecule has 7 nitrogen and oxygen atoms in total. The van der Waals surface area contributed by atoms with Gasteiger partial charge in [0.2, 0.25) is 11.8 Å². The Bertz CT molecular complexity index is 1010. The van der Waals surface area contributed by atoms with Gasteiger partial charge in [0.25, 0.3) is 0 Å². The zero-order chi connectivity index (χ0) is 21.8. The van der Waals surface area contributed by atoms with Crippen LogP contribution in [0.1, 0.15) is 61.3 Å². The summed E-state index contributed by atoms with van der Waals surface area (Å²) in [4.78, 5) is 0. The van der Waals surface area contributed by atoms with Gasteiger partial charge in [0.05, 0.1) is 17.9 Å². The predicted octanol–water partition coefficient (Wildman–Crippen LogP) is 5.40. The molecule has 1 aliphatic carbocycles. The van der Waals surface area contributed by atoms with Gasteiger partial charge in [0, 0.05) is 18.7 Å². The minimum atomic E-state index is -4.38. The van der Waals surface area contributed by atoms with E-state index in [1.54, 1.807) is 13.0 Å². The molecule has 0 spiro atoms. The van der Waals surface area contributed by atoms with Crippen LogP contribution in [0.4, 0.5) is 18.9 Å². The van der Waals surface area contributed by atoms with E-state index in [0.29, 0.717) is 29.0 Å². The highest BCUT2D eigenvalue weighted by Gasteiger charge is 2.30. The molecule has 2 heterocycles. The average molecular weight is 453 g/mol. The lowest BCUT2D eigenvalue weighted by Gasteiger charge is -2.25. The molecule has 166 valence electrons. The number of aromatic nitrogens is 5. The highest BCUT2D eigenvalue weighted by molar-refractivity contribution is 7.98. The summed E-state index contributed by atoms with van der Waals surface area (Å²) in [6, 6.07) is 5.45. The molecule has 0 atom stereocenters. The Morgan fingerprint density at radius 2 is 1.94 bits per heavy atom. The molecule has 1 fully saturated rings. The second-order valence-corrected chi connectivity index (χ2v) is 8.44. The Balaban J connectivity index is 1.52. The molecule has 0 saturated heterocycles. The number of halogens is 3. The molecule has 1 aromatic carbocycles. The van der Waals surface area contributed by atoms with Gasteiger partial charge in [-0.3, -0.25) is 0 Å². The summed E-state index contributed by atoms with van der Waals surface area (Å²) in [6.45, 7) is 2.02. The summed E-state index contributed by atoms with van der Waals surface area (Å²) in [5.41, 5.74) is -0.291. The third-order valence-electron chi connectivity index (χ3n) is 5.21. The van der Waals surface area contributed by atoms with Crippen LogP contribution in [-0.2, 0) is 18.5 Å². The topological polar surface area (TPSA) is 81.7 Å². The zero-order valence-electron chi connectivity index (χ0n) is 17.0. The fourth-order valence-corrected chi connectivity index (χ4v) is 4.60. The van der Waals surface area contributed by atoms with E-state index in [-0.39, 0.29) is 12.6 Å². The van der Waals surface area contributed by atoms with E-state index in [4.69, 9.17) is 4.42 Å². The van der Waals surface area contributed by atoms with E-state index in [9.17, 15) is 13.2 Å². The van der Waals surface area contributed by atoms with Crippen LogP contribution in [0.15, 0.2) is 33.8 Å². The average Bonchev–Trinajstić information content (AvgIpc) is 3.36.